The number of nitrogens with one attached hydrogen (secondary N) is 1. The predicted molar refractivity (Wildman–Crippen MR) is 80.6 cm³/mol. The summed E-state index contributed by atoms with van der Waals surface area (Å²) in [6.45, 7) is 2.20. The van der Waals surface area contributed by atoms with E-state index in [-0.39, 0.29) is 6.04 Å². The molecule has 2 aromatic carbocycles. The molecule has 2 heteroatoms. The van der Waals surface area contributed by atoms with Crippen LogP contribution in [0.4, 0.5) is 0 Å². The minimum Gasteiger partial charge on any atom is -0.271 e. The minimum absolute atomic E-state index is 0.166. The van der Waals surface area contributed by atoms with Gasteiger partial charge in [0, 0.05) is 6.04 Å². The maximum atomic E-state index is 5.73. The van der Waals surface area contributed by atoms with E-state index < -0.39 is 0 Å². The highest BCUT2D eigenvalue weighted by molar-refractivity contribution is 5.28. The number of hydrazine groups is 1. The molecular weight excluding hydrogens is 232 g/mol. The molecule has 100 valence electrons. The van der Waals surface area contributed by atoms with E-state index in [1.165, 1.54) is 23.1 Å². The first kappa shape index (κ1) is 13.8. The molecule has 2 rings (SSSR count). The molecule has 0 fully saturated rings. The first-order valence-electron chi connectivity index (χ1n) is 6.92. The Labute approximate surface area is 115 Å². The normalized spacial score (nSPS) is 12.3. The Bertz CT molecular complexity index is 494. The molecule has 0 amide bonds. The van der Waals surface area contributed by atoms with Gasteiger partial charge in [-0.3, -0.25) is 11.3 Å². The van der Waals surface area contributed by atoms with Crippen LogP contribution < -0.4 is 11.3 Å². The van der Waals surface area contributed by atoms with Gasteiger partial charge in [0.05, 0.1) is 0 Å². The van der Waals surface area contributed by atoms with Crippen molar-refractivity contribution < 1.29 is 0 Å². The first-order chi connectivity index (χ1) is 9.33. The molecule has 0 radical (unpaired) electrons. The Kier molecular flexibility index (Phi) is 5.13. The van der Waals surface area contributed by atoms with E-state index in [0.717, 1.165) is 12.8 Å². The Morgan fingerprint density at radius 2 is 1.74 bits per heavy atom. The maximum Gasteiger partial charge on any atom is 0.0500 e. The molecule has 0 spiro atoms. The Morgan fingerprint density at radius 3 is 2.42 bits per heavy atom. The highest BCUT2D eigenvalue weighted by atomic mass is 15.2. The van der Waals surface area contributed by atoms with E-state index in [1.807, 2.05) is 6.07 Å². The quantitative estimate of drug-likeness (QED) is 0.612. The monoisotopic (exact) mass is 254 g/mol. The maximum absolute atomic E-state index is 5.73. The van der Waals surface area contributed by atoms with Gasteiger partial charge in [0.25, 0.3) is 0 Å². The number of aryl methyl sites for hydroxylation is 1. The van der Waals surface area contributed by atoms with Gasteiger partial charge < -0.3 is 0 Å². The standard InChI is InChI=1S/C17H22N2/c1-2-7-14-10-6-11-16(12-14)17(19-18)13-15-8-4-3-5-9-15/h3-6,8-12,17,19H,2,7,13,18H2,1H3. The predicted octanol–water partition coefficient (Wildman–Crippen LogP) is 3.39. The molecule has 3 N–H and O–H groups in total. The van der Waals surface area contributed by atoms with Gasteiger partial charge in [-0.05, 0) is 29.5 Å². The lowest BCUT2D eigenvalue weighted by atomic mass is 9.97. The lowest BCUT2D eigenvalue weighted by molar-refractivity contribution is 0.551. The van der Waals surface area contributed by atoms with Crippen LogP contribution in [-0.2, 0) is 12.8 Å². The van der Waals surface area contributed by atoms with Gasteiger partial charge in [-0.25, -0.2) is 0 Å². The zero-order chi connectivity index (χ0) is 13.5. The fourth-order valence-electron chi connectivity index (χ4n) is 2.38. The van der Waals surface area contributed by atoms with Gasteiger partial charge in [-0.1, -0.05) is 67.9 Å². The largest absolute Gasteiger partial charge is 0.271 e. The summed E-state index contributed by atoms with van der Waals surface area (Å²) in [5.74, 6) is 5.73. The van der Waals surface area contributed by atoms with Crippen molar-refractivity contribution in [3.63, 3.8) is 0 Å². The number of nitrogens with two attached hydrogens (primary N) is 1. The molecule has 0 heterocycles. The Morgan fingerprint density at radius 1 is 1.00 bits per heavy atom. The SMILES string of the molecule is CCCc1cccc(C(Cc2ccccc2)NN)c1. The minimum atomic E-state index is 0.166. The van der Waals surface area contributed by atoms with Crippen molar-refractivity contribution in [1.29, 1.82) is 0 Å². The van der Waals surface area contributed by atoms with E-state index >= 15 is 0 Å². The van der Waals surface area contributed by atoms with Crippen molar-refractivity contribution in [3.05, 3.63) is 71.3 Å². The van der Waals surface area contributed by atoms with E-state index in [0.29, 0.717) is 0 Å². The van der Waals surface area contributed by atoms with Crippen LogP contribution in [0.5, 0.6) is 0 Å². The van der Waals surface area contributed by atoms with Gasteiger partial charge in [-0.2, -0.15) is 0 Å². The second-order valence-electron chi connectivity index (χ2n) is 4.90. The van der Waals surface area contributed by atoms with Gasteiger partial charge in [0.1, 0.15) is 0 Å². The highest BCUT2D eigenvalue weighted by Gasteiger charge is 2.10. The molecule has 0 aliphatic rings. The third-order valence-electron chi connectivity index (χ3n) is 3.38. The van der Waals surface area contributed by atoms with Crippen molar-refractivity contribution in [3.8, 4) is 0 Å². The van der Waals surface area contributed by atoms with E-state index in [9.17, 15) is 0 Å². The molecule has 1 unspecified atom stereocenters. The molecule has 0 saturated carbocycles. The molecule has 0 bridgehead atoms. The number of rotatable bonds is 6. The molecule has 0 saturated heterocycles. The lowest BCUT2D eigenvalue weighted by Crippen LogP contribution is -2.29. The van der Waals surface area contributed by atoms with Crippen molar-refractivity contribution in [2.75, 3.05) is 0 Å². The fourth-order valence-corrected chi connectivity index (χ4v) is 2.38. The second-order valence-corrected chi connectivity index (χ2v) is 4.90. The van der Waals surface area contributed by atoms with Gasteiger partial charge in [-0.15, -0.1) is 0 Å². The van der Waals surface area contributed by atoms with Crippen LogP contribution in [0.25, 0.3) is 0 Å². The summed E-state index contributed by atoms with van der Waals surface area (Å²) < 4.78 is 0. The van der Waals surface area contributed by atoms with Crippen LogP contribution in [0.1, 0.15) is 36.1 Å². The summed E-state index contributed by atoms with van der Waals surface area (Å²) in [7, 11) is 0. The molecule has 0 aliphatic carbocycles. The van der Waals surface area contributed by atoms with E-state index in [2.05, 4.69) is 60.9 Å². The topological polar surface area (TPSA) is 38.0 Å². The van der Waals surface area contributed by atoms with Crippen molar-refractivity contribution in [1.82, 2.24) is 5.43 Å². The summed E-state index contributed by atoms with van der Waals surface area (Å²) in [6, 6.07) is 19.3. The van der Waals surface area contributed by atoms with E-state index in [1.54, 1.807) is 0 Å². The molecular formula is C17H22N2. The number of hydrogen-bond donors (Lipinski definition) is 2. The summed E-state index contributed by atoms with van der Waals surface area (Å²) in [4.78, 5) is 0. The molecule has 2 aromatic rings. The Balaban J connectivity index is 2.15. The van der Waals surface area contributed by atoms with Crippen LogP contribution in [0.3, 0.4) is 0 Å². The van der Waals surface area contributed by atoms with Crippen LogP contribution in [0, 0.1) is 0 Å². The smallest absolute Gasteiger partial charge is 0.0500 e. The zero-order valence-corrected chi connectivity index (χ0v) is 11.5. The lowest BCUT2D eigenvalue weighted by Gasteiger charge is -2.17. The molecule has 19 heavy (non-hydrogen) atoms. The van der Waals surface area contributed by atoms with Gasteiger partial charge in [0.2, 0.25) is 0 Å². The summed E-state index contributed by atoms with van der Waals surface area (Å²) >= 11 is 0. The van der Waals surface area contributed by atoms with Crippen molar-refractivity contribution in [2.45, 2.75) is 32.2 Å². The molecule has 1 atom stereocenters. The fraction of sp³-hybridized carbons (Fsp3) is 0.294. The van der Waals surface area contributed by atoms with Crippen LogP contribution in [0.2, 0.25) is 0 Å². The Hall–Kier alpha value is -1.64. The molecule has 2 nitrogen and oxygen atoms in total. The molecule has 0 aliphatic heterocycles. The van der Waals surface area contributed by atoms with Crippen molar-refractivity contribution >= 4 is 0 Å². The van der Waals surface area contributed by atoms with Gasteiger partial charge >= 0.3 is 0 Å². The van der Waals surface area contributed by atoms with E-state index in [4.69, 9.17) is 5.84 Å². The summed E-state index contributed by atoms with van der Waals surface area (Å²) in [5, 5.41) is 0. The molecule has 0 aromatic heterocycles. The summed E-state index contributed by atoms with van der Waals surface area (Å²) in [5.41, 5.74) is 6.88. The van der Waals surface area contributed by atoms with Crippen LogP contribution >= 0.6 is 0 Å². The average molecular weight is 254 g/mol. The first-order valence-corrected chi connectivity index (χ1v) is 6.92. The van der Waals surface area contributed by atoms with Crippen LogP contribution in [0.15, 0.2) is 54.6 Å². The zero-order valence-electron chi connectivity index (χ0n) is 11.5. The van der Waals surface area contributed by atoms with Gasteiger partial charge in [0.15, 0.2) is 0 Å². The summed E-state index contributed by atoms with van der Waals surface area (Å²) in [6.07, 6.45) is 3.20. The second kappa shape index (κ2) is 7.07. The highest BCUT2D eigenvalue weighted by Crippen LogP contribution is 2.19. The third-order valence-corrected chi connectivity index (χ3v) is 3.38. The third kappa shape index (κ3) is 3.91. The number of benzene rings is 2. The van der Waals surface area contributed by atoms with Crippen molar-refractivity contribution in [2.24, 2.45) is 5.84 Å². The number of hydrogen-bond acceptors (Lipinski definition) is 2. The van der Waals surface area contributed by atoms with Crippen LogP contribution in [-0.4, -0.2) is 0 Å². The average Bonchev–Trinajstić information content (AvgIpc) is 2.46.